The average Bonchev–Trinajstić information content (AvgIpc) is 2.06. The summed E-state index contributed by atoms with van der Waals surface area (Å²) >= 11 is 1.86. The minimum atomic E-state index is 0.236. The van der Waals surface area contributed by atoms with Gasteiger partial charge in [-0.1, -0.05) is 20.8 Å². The van der Waals surface area contributed by atoms with Gasteiger partial charge in [0.25, 0.3) is 0 Å². The molecule has 1 aromatic rings. The van der Waals surface area contributed by atoms with Crippen LogP contribution < -0.4 is 5.32 Å². The highest BCUT2D eigenvalue weighted by Crippen LogP contribution is 2.33. The van der Waals surface area contributed by atoms with Gasteiger partial charge in [-0.3, -0.25) is 0 Å². The van der Waals surface area contributed by atoms with E-state index < -0.39 is 0 Å². The van der Waals surface area contributed by atoms with Crippen LogP contribution in [-0.4, -0.2) is 15.8 Å². The molecule has 0 saturated heterocycles. The van der Waals surface area contributed by atoms with Gasteiger partial charge in [0.15, 0.2) is 0 Å². The smallest absolute Gasteiger partial charge is 0.126 e. The number of aryl methyl sites for hydroxylation is 1. The summed E-state index contributed by atoms with van der Waals surface area (Å²) in [5, 5.41) is 3.32. The Morgan fingerprint density at radius 3 is 2.31 bits per heavy atom. The summed E-state index contributed by atoms with van der Waals surface area (Å²) in [6.45, 7) is 13.0. The highest BCUT2D eigenvalue weighted by Gasteiger charge is 2.14. The molecular weight excluding hydrogens is 216 g/mol. The normalized spacial score (nSPS) is 11.9. The second kappa shape index (κ2) is 5.09. The maximum Gasteiger partial charge on any atom is 0.126 e. The second-order valence-electron chi connectivity index (χ2n) is 5.29. The zero-order valence-corrected chi connectivity index (χ0v) is 11.9. The van der Waals surface area contributed by atoms with Gasteiger partial charge < -0.3 is 5.32 Å². The molecule has 0 saturated carbocycles. The number of thioether (sulfide) groups is 1. The lowest BCUT2D eigenvalue weighted by molar-refractivity contribution is 0.801. The molecule has 0 amide bonds. The zero-order valence-electron chi connectivity index (χ0n) is 11.1. The van der Waals surface area contributed by atoms with Gasteiger partial charge in [0.2, 0.25) is 0 Å². The summed E-state index contributed by atoms with van der Waals surface area (Å²) in [6.07, 6.45) is 0. The molecule has 16 heavy (non-hydrogen) atoms. The van der Waals surface area contributed by atoms with Crippen LogP contribution in [0.4, 0.5) is 5.82 Å². The molecule has 3 heteroatoms. The van der Waals surface area contributed by atoms with Crippen molar-refractivity contribution in [2.45, 2.75) is 57.2 Å². The summed E-state index contributed by atoms with van der Waals surface area (Å²) in [4.78, 5) is 5.83. The van der Waals surface area contributed by atoms with Gasteiger partial charge >= 0.3 is 0 Å². The number of hydrogen-bond acceptors (Lipinski definition) is 3. The molecule has 0 radical (unpaired) electrons. The predicted molar refractivity (Wildman–Crippen MR) is 73.3 cm³/mol. The summed E-state index contributed by atoms with van der Waals surface area (Å²) in [5.41, 5.74) is 1.10. The number of anilines is 1. The Kier molecular flexibility index (Phi) is 4.25. The lowest BCUT2D eigenvalue weighted by Crippen LogP contribution is -2.12. The largest absolute Gasteiger partial charge is 0.368 e. The average molecular weight is 238 g/mol. The van der Waals surface area contributed by atoms with E-state index in [-0.39, 0.29) is 4.75 Å². The van der Waals surface area contributed by atoms with Crippen molar-refractivity contribution in [1.29, 1.82) is 0 Å². The van der Waals surface area contributed by atoms with Crippen LogP contribution >= 0.6 is 11.8 Å². The van der Waals surface area contributed by atoms with Crippen LogP contribution in [-0.2, 0) is 0 Å². The quantitative estimate of drug-likeness (QED) is 0.802. The second-order valence-corrected chi connectivity index (χ2v) is 7.16. The van der Waals surface area contributed by atoms with Crippen molar-refractivity contribution in [3.63, 3.8) is 0 Å². The van der Waals surface area contributed by atoms with E-state index in [2.05, 4.69) is 64.0 Å². The standard InChI is InChI=1S/C13H22N2S/c1-9(2)14-12-8-7-11(10(3)15-12)16-13(4,5)6/h7-9H,1-6H3,(H,14,15). The van der Waals surface area contributed by atoms with Crippen molar-refractivity contribution in [2.24, 2.45) is 0 Å². The van der Waals surface area contributed by atoms with E-state index in [1.54, 1.807) is 0 Å². The van der Waals surface area contributed by atoms with Crippen LogP contribution in [0, 0.1) is 6.92 Å². The van der Waals surface area contributed by atoms with Crippen molar-refractivity contribution < 1.29 is 0 Å². The molecule has 0 atom stereocenters. The summed E-state index contributed by atoms with van der Waals surface area (Å²) in [6, 6.07) is 4.64. The number of nitrogens with one attached hydrogen (secondary N) is 1. The maximum atomic E-state index is 4.57. The topological polar surface area (TPSA) is 24.9 Å². The first-order valence-electron chi connectivity index (χ1n) is 5.71. The van der Waals surface area contributed by atoms with Crippen LogP contribution in [0.25, 0.3) is 0 Å². The highest BCUT2D eigenvalue weighted by molar-refractivity contribution is 8.00. The first-order valence-corrected chi connectivity index (χ1v) is 6.53. The van der Waals surface area contributed by atoms with Crippen molar-refractivity contribution in [3.8, 4) is 0 Å². The van der Waals surface area contributed by atoms with Gasteiger partial charge in [-0.05, 0) is 32.9 Å². The number of aromatic nitrogens is 1. The number of hydrogen-bond donors (Lipinski definition) is 1. The molecule has 1 rings (SSSR count). The van der Waals surface area contributed by atoms with E-state index in [1.807, 2.05) is 11.8 Å². The Labute approximate surface area is 103 Å². The molecular formula is C13H22N2S. The molecule has 2 nitrogen and oxygen atoms in total. The Morgan fingerprint density at radius 1 is 1.25 bits per heavy atom. The third kappa shape index (κ3) is 4.44. The summed E-state index contributed by atoms with van der Waals surface area (Å²) in [5.74, 6) is 0.964. The molecule has 1 heterocycles. The van der Waals surface area contributed by atoms with E-state index in [0.717, 1.165) is 11.5 Å². The fraction of sp³-hybridized carbons (Fsp3) is 0.615. The fourth-order valence-electron chi connectivity index (χ4n) is 1.36. The lowest BCUT2D eigenvalue weighted by atomic mass is 10.3. The van der Waals surface area contributed by atoms with Crippen LogP contribution in [0.15, 0.2) is 17.0 Å². The fourth-order valence-corrected chi connectivity index (χ4v) is 2.35. The van der Waals surface area contributed by atoms with Gasteiger partial charge in [0.05, 0.1) is 5.69 Å². The summed E-state index contributed by atoms with van der Waals surface area (Å²) in [7, 11) is 0. The van der Waals surface area contributed by atoms with Crippen LogP contribution in [0.1, 0.15) is 40.3 Å². The minimum Gasteiger partial charge on any atom is -0.368 e. The van der Waals surface area contributed by atoms with Crippen molar-refractivity contribution in [1.82, 2.24) is 4.98 Å². The molecule has 0 bridgehead atoms. The molecule has 0 aliphatic rings. The van der Waals surface area contributed by atoms with Crippen LogP contribution in [0.3, 0.4) is 0 Å². The number of nitrogens with zero attached hydrogens (tertiary/aromatic N) is 1. The molecule has 0 spiro atoms. The number of pyridine rings is 1. The molecule has 0 aromatic carbocycles. The van der Waals surface area contributed by atoms with Gasteiger partial charge in [-0.25, -0.2) is 4.98 Å². The molecule has 0 aliphatic heterocycles. The van der Waals surface area contributed by atoms with Gasteiger partial charge in [-0.2, -0.15) is 0 Å². The third-order valence-electron chi connectivity index (χ3n) is 1.89. The van der Waals surface area contributed by atoms with Gasteiger partial charge in [-0.15, -0.1) is 11.8 Å². The summed E-state index contributed by atoms with van der Waals surface area (Å²) < 4.78 is 0.236. The number of rotatable bonds is 3. The van der Waals surface area contributed by atoms with E-state index in [1.165, 1.54) is 4.90 Å². The maximum absolute atomic E-state index is 4.57. The van der Waals surface area contributed by atoms with E-state index >= 15 is 0 Å². The Morgan fingerprint density at radius 2 is 1.88 bits per heavy atom. The Balaban J connectivity index is 2.83. The van der Waals surface area contributed by atoms with E-state index in [0.29, 0.717) is 6.04 Å². The van der Waals surface area contributed by atoms with Crippen molar-refractivity contribution >= 4 is 17.6 Å². The van der Waals surface area contributed by atoms with Gasteiger partial charge in [0, 0.05) is 15.7 Å². The van der Waals surface area contributed by atoms with E-state index in [9.17, 15) is 0 Å². The third-order valence-corrected chi connectivity index (χ3v) is 3.15. The molecule has 0 fully saturated rings. The molecule has 90 valence electrons. The molecule has 1 aromatic heterocycles. The monoisotopic (exact) mass is 238 g/mol. The SMILES string of the molecule is Cc1nc(NC(C)C)ccc1SC(C)(C)C. The zero-order chi connectivity index (χ0) is 12.3. The highest BCUT2D eigenvalue weighted by atomic mass is 32.2. The van der Waals surface area contributed by atoms with Crippen molar-refractivity contribution in [2.75, 3.05) is 5.32 Å². The van der Waals surface area contributed by atoms with Crippen molar-refractivity contribution in [3.05, 3.63) is 17.8 Å². The molecule has 0 aliphatic carbocycles. The molecule has 1 N–H and O–H groups in total. The first-order chi connectivity index (χ1) is 7.28. The minimum absolute atomic E-state index is 0.236. The van der Waals surface area contributed by atoms with E-state index in [4.69, 9.17) is 0 Å². The first kappa shape index (κ1) is 13.4. The van der Waals surface area contributed by atoms with Gasteiger partial charge in [0.1, 0.15) is 5.82 Å². The Hall–Kier alpha value is -0.700. The van der Waals surface area contributed by atoms with Crippen LogP contribution in [0.5, 0.6) is 0 Å². The Bertz CT molecular complexity index is 353. The lowest BCUT2D eigenvalue weighted by Gasteiger charge is -2.19. The predicted octanol–water partition coefficient (Wildman–Crippen LogP) is 4.10. The van der Waals surface area contributed by atoms with Crippen LogP contribution in [0.2, 0.25) is 0 Å². The molecule has 0 unspecified atom stereocenters.